The van der Waals surface area contributed by atoms with Crippen LogP contribution in [0.3, 0.4) is 0 Å². The monoisotopic (exact) mass is 226 g/mol. The Labute approximate surface area is 71.6 Å². The SMILES string of the molecule is O=C(/C(F)=C(/O)C(F)(F)F)C(F)(F)F. The van der Waals surface area contributed by atoms with E-state index in [9.17, 15) is 35.5 Å². The van der Waals surface area contributed by atoms with Crippen LogP contribution in [-0.4, -0.2) is 23.2 Å². The fourth-order valence-corrected chi connectivity index (χ4v) is 0.356. The summed E-state index contributed by atoms with van der Waals surface area (Å²) in [5, 5.41) is 7.85. The Morgan fingerprint density at radius 2 is 1.29 bits per heavy atom. The van der Waals surface area contributed by atoms with Crippen molar-refractivity contribution in [2.75, 3.05) is 0 Å². The van der Waals surface area contributed by atoms with E-state index in [0.29, 0.717) is 0 Å². The second-order valence-corrected chi connectivity index (χ2v) is 1.99. The summed E-state index contributed by atoms with van der Waals surface area (Å²) in [5.74, 6) is -9.85. The first-order chi connectivity index (χ1) is 5.98. The van der Waals surface area contributed by atoms with Gasteiger partial charge in [0.2, 0.25) is 11.6 Å². The van der Waals surface area contributed by atoms with Crippen LogP contribution in [0.15, 0.2) is 11.6 Å². The summed E-state index contributed by atoms with van der Waals surface area (Å²) in [5.41, 5.74) is 0. The van der Waals surface area contributed by atoms with Crippen LogP contribution in [0.5, 0.6) is 0 Å². The van der Waals surface area contributed by atoms with Crippen LogP contribution in [0.25, 0.3) is 0 Å². The van der Waals surface area contributed by atoms with Crippen LogP contribution in [0.1, 0.15) is 0 Å². The molecule has 0 saturated carbocycles. The molecule has 0 unspecified atom stereocenters. The van der Waals surface area contributed by atoms with Crippen molar-refractivity contribution in [3.8, 4) is 0 Å². The highest BCUT2D eigenvalue weighted by molar-refractivity contribution is 5.98. The number of carbonyl (C=O) groups excluding carboxylic acids is 1. The first-order valence-electron chi connectivity index (χ1n) is 2.75. The third-order valence-corrected chi connectivity index (χ3v) is 0.933. The highest BCUT2D eigenvalue weighted by Crippen LogP contribution is 2.30. The zero-order valence-corrected chi connectivity index (χ0v) is 6.00. The summed E-state index contributed by atoms with van der Waals surface area (Å²) in [4.78, 5) is 9.83. The summed E-state index contributed by atoms with van der Waals surface area (Å²) >= 11 is 0. The predicted octanol–water partition coefficient (Wildman–Crippen LogP) is 2.42. The van der Waals surface area contributed by atoms with Gasteiger partial charge in [-0.3, -0.25) is 4.79 Å². The highest BCUT2D eigenvalue weighted by atomic mass is 19.4. The lowest BCUT2D eigenvalue weighted by atomic mass is 10.3. The van der Waals surface area contributed by atoms with E-state index in [1.54, 1.807) is 0 Å². The van der Waals surface area contributed by atoms with Gasteiger partial charge in [-0.1, -0.05) is 0 Å². The van der Waals surface area contributed by atoms with Crippen molar-refractivity contribution in [1.29, 1.82) is 0 Å². The number of rotatable bonds is 1. The van der Waals surface area contributed by atoms with Gasteiger partial charge in [0.1, 0.15) is 0 Å². The van der Waals surface area contributed by atoms with Crippen molar-refractivity contribution >= 4 is 5.78 Å². The van der Waals surface area contributed by atoms with Gasteiger partial charge < -0.3 is 5.11 Å². The Morgan fingerprint density at radius 1 is 0.929 bits per heavy atom. The number of alkyl halides is 6. The molecule has 0 spiro atoms. The standard InChI is InChI=1S/C5HF7O2/c6-1(2(13)4(7,8)9)3(14)5(10,11)12/h13H/b2-1-. The lowest BCUT2D eigenvalue weighted by molar-refractivity contribution is -0.170. The lowest BCUT2D eigenvalue weighted by Crippen LogP contribution is -2.26. The van der Waals surface area contributed by atoms with Crippen LogP contribution in [0.2, 0.25) is 0 Å². The molecular formula is C5HF7O2. The number of ketones is 1. The highest BCUT2D eigenvalue weighted by Gasteiger charge is 2.47. The molecule has 14 heavy (non-hydrogen) atoms. The van der Waals surface area contributed by atoms with Crippen LogP contribution >= 0.6 is 0 Å². The molecule has 0 aromatic heterocycles. The summed E-state index contributed by atoms with van der Waals surface area (Å²) in [7, 11) is 0. The van der Waals surface area contributed by atoms with E-state index in [2.05, 4.69) is 0 Å². The normalized spacial score (nSPS) is 15.1. The molecule has 0 bridgehead atoms. The van der Waals surface area contributed by atoms with Crippen LogP contribution in [0.4, 0.5) is 30.7 Å². The Bertz CT molecular complexity index is 271. The number of carbonyl (C=O) groups is 1. The summed E-state index contributed by atoms with van der Waals surface area (Å²) in [6.45, 7) is 0. The van der Waals surface area contributed by atoms with Crippen molar-refractivity contribution in [2.45, 2.75) is 12.4 Å². The van der Waals surface area contributed by atoms with Crippen molar-refractivity contribution in [3.63, 3.8) is 0 Å². The van der Waals surface area contributed by atoms with E-state index in [4.69, 9.17) is 5.11 Å². The molecule has 0 aliphatic rings. The molecule has 9 heteroatoms. The average molecular weight is 226 g/mol. The van der Waals surface area contributed by atoms with Gasteiger partial charge in [0.05, 0.1) is 0 Å². The number of Topliss-reactive ketones (excluding diaryl/α,β-unsaturated/α-hetero) is 1. The van der Waals surface area contributed by atoms with Gasteiger partial charge in [-0.05, 0) is 0 Å². The molecule has 0 aliphatic carbocycles. The third kappa shape index (κ3) is 2.89. The van der Waals surface area contributed by atoms with Gasteiger partial charge in [0.25, 0.3) is 5.78 Å². The summed E-state index contributed by atoms with van der Waals surface area (Å²) in [6, 6.07) is 0. The molecule has 2 nitrogen and oxygen atoms in total. The Balaban J connectivity index is 5.14. The summed E-state index contributed by atoms with van der Waals surface area (Å²) < 4.78 is 80.2. The molecule has 0 atom stereocenters. The quantitative estimate of drug-likeness (QED) is 0.423. The van der Waals surface area contributed by atoms with Crippen LogP contribution in [-0.2, 0) is 4.79 Å². The minimum Gasteiger partial charge on any atom is -0.502 e. The van der Waals surface area contributed by atoms with Crippen molar-refractivity contribution in [2.24, 2.45) is 0 Å². The number of halogens is 7. The second kappa shape index (κ2) is 3.46. The number of allylic oxidation sites excluding steroid dienone is 2. The minimum absolute atomic E-state index is 3.19. The van der Waals surface area contributed by atoms with Gasteiger partial charge in [0.15, 0.2) is 0 Å². The van der Waals surface area contributed by atoms with E-state index in [1.165, 1.54) is 0 Å². The zero-order valence-electron chi connectivity index (χ0n) is 6.00. The third-order valence-electron chi connectivity index (χ3n) is 0.933. The lowest BCUT2D eigenvalue weighted by Gasteiger charge is -2.07. The Kier molecular flexibility index (Phi) is 3.15. The molecule has 0 amide bonds. The molecule has 82 valence electrons. The first-order valence-corrected chi connectivity index (χ1v) is 2.75. The Morgan fingerprint density at radius 3 is 1.50 bits per heavy atom. The van der Waals surface area contributed by atoms with E-state index in [0.717, 1.165) is 0 Å². The summed E-state index contributed by atoms with van der Waals surface area (Å²) in [6.07, 6.45) is -11.5. The maximum Gasteiger partial charge on any atom is 0.457 e. The van der Waals surface area contributed by atoms with Crippen LogP contribution < -0.4 is 0 Å². The number of aliphatic hydroxyl groups excluding tert-OH is 1. The first kappa shape index (κ1) is 12.7. The largest absolute Gasteiger partial charge is 0.502 e. The van der Waals surface area contributed by atoms with E-state index >= 15 is 0 Å². The second-order valence-electron chi connectivity index (χ2n) is 1.99. The van der Waals surface area contributed by atoms with Gasteiger partial charge in [0, 0.05) is 0 Å². The minimum atomic E-state index is -5.80. The van der Waals surface area contributed by atoms with Gasteiger partial charge in [-0.2, -0.15) is 30.7 Å². The number of hydrogen-bond acceptors (Lipinski definition) is 2. The fraction of sp³-hybridized carbons (Fsp3) is 0.400. The van der Waals surface area contributed by atoms with E-state index in [1.807, 2.05) is 0 Å². The maximum absolute atomic E-state index is 12.0. The zero-order chi connectivity index (χ0) is 11.7. The molecule has 0 rings (SSSR count). The molecule has 1 N–H and O–H groups in total. The number of aliphatic hydroxyl groups is 1. The predicted molar refractivity (Wildman–Crippen MR) is 27.9 cm³/mol. The van der Waals surface area contributed by atoms with Gasteiger partial charge >= 0.3 is 12.4 Å². The molecule has 0 heterocycles. The topological polar surface area (TPSA) is 37.3 Å². The van der Waals surface area contributed by atoms with E-state index < -0.39 is 29.7 Å². The molecule has 0 aliphatic heterocycles. The average Bonchev–Trinajstić information content (AvgIpc) is 1.97. The van der Waals surface area contributed by atoms with Crippen molar-refractivity contribution in [3.05, 3.63) is 11.6 Å². The molecule has 0 saturated heterocycles. The maximum atomic E-state index is 12.0. The molecular weight excluding hydrogens is 225 g/mol. The number of hydrogen-bond donors (Lipinski definition) is 1. The van der Waals surface area contributed by atoms with E-state index in [-0.39, 0.29) is 0 Å². The Hall–Kier alpha value is -1.28. The van der Waals surface area contributed by atoms with Gasteiger partial charge in [-0.25, -0.2) is 0 Å². The molecule has 0 aromatic rings. The van der Waals surface area contributed by atoms with Crippen LogP contribution in [0, 0.1) is 0 Å². The molecule has 0 fully saturated rings. The van der Waals surface area contributed by atoms with Crippen molar-refractivity contribution < 1.29 is 40.6 Å². The van der Waals surface area contributed by atoms with Crippen molar-refractivity contribution in [1.82, 2.24) is 0 Å². The molecule has 0 radical (unpaired) electrons. The molecule has 0 aromatic carbocycles. The fourth-order valence-electron chi connectivity index (χ4n) is 0.356. The smallest absolute Gasteiger partial charge is 0.457 e. The van der Waals surface area contributed by atoms with Gasteiger partial charge in [-0.15, -0.1) is 0 Å².